The standard InChI is InChI=1S/C14H16BrClN2O/c1-2-5-18-13(11-4-7-19-14(11)15)8-10-3-6-17-9-12(10)16/h3-4,6-7,9,13,18H,2,5,8H2,1H3. The van der Waals surface area contributed by atoms with Gasteiger partial charge in [-0.05, 0) is 53.0 Å². The van der Waals surface area contributed by atoms with Gasteiger partial charge in [0.1, 0.15) is 0 Å². The molecule has 0 radical (unpaired) electrons. The van der Waals surface area contributed by atoms with Gasteiger partial charge in [-0.3, -0.25) is 4.98 Å². The van der Waals surface area contributed by atoms with Gasteiger partial charge in [-0.25, -0.2) is 0 Å². The summed E-state index contributed by atoms with van der Waals surface area (Å²) in [5.41, 5.74) is 2.19. The van der Waals surface area contributed by atoms with E-state index in [1.54, 1.807) is 18.7 Å². The van der Waals surface area contributed by atoms with E-state index >= 15 is 0 Å². The highest BCUT2D eigenvalue weighted by atomic mass is 79.9. The van der Waals surface area contributed by atoms with Crippen LogP contribution in [0.2, 0.25) is 5.02 Å². The number of pyridine rings is 1. The number of nitrogens with one attached hydrogen (secondary N) is 1. The van der Waals surface area contributed by atoms with Crippen molar-refractivity contribution in [2.24, 2.45) is 0 Å². The van der Waals surface area contributed by atoms with E-state index in [9.17, 15) is 0 Å². The van der Waals surface area contributed by atoms with Gasteiger partial charge in [0, 0.05) is 24.0 Å². The molecule has 5 heteroatoms. The summed E-state index contributed by atoms with van der Waals surface area (Å²) >= 11 is 9.62. The number of nitrogens with zero attached hydrogens (tertiary/aromatic N) is 1. The second kappa shape index (κ2) is 7.08. The molecule has 19 heavy (non-hydrogen) atoms. The van der Waals surface area contributed by atoms with Crippen LogP contribution in [0.25, 0.3) is 0 Å². The van der Waals surface area contributed by atoms with Gasteiger partial charge in [0.25, 0.3) is 0 Å². The topological polar surface area (TPSA) is 38.1 Å². The van der Waals surface area contributed by atoms with Crippen LogP contribution in [-0.2, 0) is 6.42 Å². The highest BCUT2D eigenvalue weighted by molar-refractivity contribution is 9.10. The van der Waals surface area contributed by atoms with Gasteiger partial charge in [-0.15, -0.1) is 0 Å². The smallest absolute Gasteiger partial charge is 0.173 e. The van der Waals surface area contributed by atoms with E-state index in [2.05, 4.69) is 33.2 Å². The van der Waals surface area contributed by atoms with Crippen LogP contribution in [0.5, 0.6) is 0 Å². The fraction of sp³-hybridized carbons (Fsp3) is 0.357. The van der Waals surface area contributed by atoms with Gasteiger partial charge in [0.15, 0.2) is 4.67 Å². The predicted octanol–water partition coefficient (Wildman–Crippen LogP) is 4.37. The molecule has 0 aliphatic heterocycles. The summed E-state index contributed by atoms with van der Waals surface area (Å²) < 4.78 is 6.09. The summed E-state index contributed by atoms with van der Waals surface area (Å²) in [7, 11) is 0. The van der Waals surface area contributed by atoms with Gasteiger partial charge < -0.3 is 9.73 Å². The zero-order valence-corrected chi connectivity index (χ0v) is 13.0. The van der Waals surface area contributed by atoms with E-state index in [1.807, 2.05) is 12.1 Å². The molecule has 2 heterocycles. The lowest BCUT2D eigenvalue weighted by molar-refractivity contribution is 0.498. The number of hydrogen-bond acceptors (Lipinski definition) is 3. The van der Waals surface area contributed by atoms with Crippen molar-refractivity contribution >= 4 is 27.5 Å². The summed E-state index contributed by atoms with van der Waals surface area (Å²) in [6, 6.07) is 4.11. The number of hydrogen-bond donors (Lipinski definition) is 1. The van der Waals surface area contributed by atoms with Gasteiger partial charge >= 0.3 is 0 Å². The summed E-state index contributed by atoms with van der Waals surface area (Å²) in [5.74, 6) is 0. The Morgan fingerprint density at radius 2 is 2.32 bits per heavy atom. The van der Waals surface area contributed by atoms with E-state index < -0.39 is 0 Å². The van der Waals surface area contributed by atoms with Gasteiger partial charge in [0.2, 0.25) is 0 Å². The van der Waals surface area contributed by atoms with Crippen molar-refractivity contribution in [3.05, 3.63) is 51.6 Å². The maximum atomic E-state index is 6.18. The largest absolute Gasteiger partial charge is 0.457 e. The molecule has 0 saturated carbocycles. The lowest BCUT2D eigenvalue weighted by Crippen LogP contribution is -2.24. The van der Waals surface area contributed by atoms with E-state index in [-0.39, 0.29) is 6.04 Å². The summed E-state index contributed by atoms with van der Waals surface area (Å²) in [6.07, 6.45) is 7.02. The number of halogens is 2. The first-order valence-corrected chi connectivity index (χ1v) is 7.44. The van der Waals surface area contributed by atoms with Gasteiger partial charge in [0.05, 0.1) is 11.3 Å². The molecule has 0 spiro atoms. The molecule has 1 atom stereocenters. The molecule has 2 aromatic rings. The minimum Gasteiger partial charge on any atom is -0.457 e. The van der Waals surface area contributed by atoms with E-state index in [4.69, 9.17) is 16.0 Å². The molecule has 0 bridgehead atoms. The van der Waals surface area contributed by atoms with Crippen molar-refractivity contribution in [1.82, 2.24) is 10.3 Å². The molecule has 2 aromatic heterocycles. The minimum absolute atomic E-state index is 0.174. The van der Waals surface area contributed by atoms with Crippen LogP contribution in [0.3, 0.4) is 0 Å². The number of furan rings is 1. The molecule has 1 unspecified atom stereocenters. The third kappa shape index (κ3) is 3.81. The second-order valence-electron chi connectivity index (χ2n) is 4.33. The SMILES string of the molecule is CCCNC(Cc1ccncc1Cl)c1ccoc1Br. The molecule has 0 aromatic carbocycles. The van der Waals surface area contributed by atoms with Crippen LogP contribution in [0.1, 0.15) is 30.5 Å². The summed E-state index contributed by atoms with van der Waals surface area (Å²) in [5, 5.41) is 4.22. The molecule has 102 valence electrons. The summed E-state index contributed by atoms with van der Waals surface area (Å²) in [6.45, 7) is 3.10. The molecule has 0 aliphatic rings. The Hall–Kier alpha value is -0.840. The van der Waals surface area contributed by atoms with Gasteiger partial charge in [-0.1, -0.05) is 18.5 Å². The highest BCUT2D eigenvalue weighted by Crippen LogP contribution is 2.28. The highest BCUT2D eigenvalue weighted by Gasteiger charge is 2.17. The zero-order valence-electron chi connectivity index (χ0n) is 10.7. The van der Waals surface area contributed by atoms with Gasteiger partial charge in [-0.2, -0.15) is 0 Å². The van der Waals surface area contributed by atoms with Crippen LogP contribution in [0.15, 0.2) is 39.9 Å². The average molecular weight is 344 g/mol. The Kier molecular flexibility index (Phi) is 5.43. The van der Waals surface area contributed by atoms with E-state index in [1.165, 1.54) is 0 Å². The van der Waals surface area contributed by atoms with Crippen LogP contribution in [-0.4, -0.2) is 11.5 Å². The Morgan fingerprint density at radius 1 is 1.47 bits per heavy atom. The minimum atomic E-state index is 0.174. The van der Waals surface area contributed by atoms with E-state index in [0.717, 1.165) is 35.2 Å². The Bertz CT molecular complexity index is 530. The lowest BCUT2D eigenvalue weighted by Gasteiger charge is -2.18. The predicted molar refractivity (Wildman–Crippen MR) is 80.4 cm³/mol. The van der Waals surface area contributed by atoms with Crippen LogP contribution in [0, 0.1) is 0 Å². The van der Waals surface area contributed by atoms with Crippen LogP contribution < -0.4 is 5.32 Å². The first-order chi connectivity index (χ1) is 9.22. The number of aromatic nitrogens is 1. The summed E-state index contributed by atoms with van der Waals surface area (Å²) in [4.78, 5) is 4.01. The zero-order chi connectivity index (χ0) is 13.7. The van der Waals surface area contributed by atoms with Crippen LogP contribution in [0.4, 0.5) is 0 Å². The molecule has 2 rings (SSSR count). The maximum absolute atomic E-state index is 6.18. The molecule has 0 fully saturated rings. The van der Waals surface area contributed by atoms with Crippen molar-refractivity contribution in [2.75, 3.05) is 6.54 Å². The second-order valence-corrected chi connectivity index (χ2v) is 5.46. The lowest BCUT2D eigenvalue weighted by atomic mass is 10.0. The fourth-order valence-corrected chi connectivity index (χ4v) is 2.67. The van der Waals surface area contributed by atoms with Crippen molar-refractivity contribution in [1.29, 1.82) is 0 Å². The Morgan fingerprint density at radius 3 is 2.95 bits per heavy atom. The van der Waals surface area contributed by atoms with Crippen LogP contribution >= 0.6 is 27.5 Å². The van der Waals surface area contributed by atoms with Crippen molar-refractivity contribution in [2.45, 2.75) is 25.8 Å². The molecule has 0 aliphatic carbocycles. The molecule has 0 saturated heterocycles. The molecule has 1 N–H and O–H groups in total. The third-order valence-electron chi connectivity index (χ3n) is 2.94. The third-order valence-corrected chi connectivity index (χ3v) is 3.93. The average Bonchev–Trinajstić information content (AvgIpc) is 2.83. The first-order valence-electron chi connectivity index (χ1n) is 6.27. The molecule has 3 nitrogen and oxygen atoms in total. The molecular weight excluding hydrogens is 328 g/mol. The fourth-order valence-electron chi connectivity index (χ4n) is 1.95. The molecule has 0 amide bonds. The number of rotatable bonds is 6. The van der Waals surface area contributed by atoms with Crippen molar-refractivity contribution in [3.8, 4) is 0 Å². The maximum Gasteiger partial charge on any atom is 0.173 e. The first kappa shape index (κ1) is 14.6. The van der Waals surface area contributed by atoms with Crippen molar-refractivity contribution in [3.63, 3.8) is 0 Å². The quantitative estimate of drug-likeness (QED) is 0.846. The molecular formula is C14H16BrClN2O. The monoisotopic (exact) mass is 342 g/mol. The normalized spacial score (nSPS) is 12.6. The van der Waals surface area contributed by atoms with E-state index in [0.29, 0.717) is 5.02 Å². The Labute approximate surface area is 126 Å². The van der Waals surface area contributed by atoms with Crippen molar-refractivity contribution < 1.29 is 4.42 Å². The Balaban J connectivity index is 2.19.